The van der Waals surface area contributed by atoms with Crippen molar-refractivity contribution in [3.63, 3.8) is 0 Å². The number of anilines is 1. The molecular formula is C26H36N2O3. The Morgan fingerprint density at radius 1 is 1.13 bits per heavy atom. The third-order valence-corrected chi connectivity index (χ3v) is 5.29. The smallest absolute Gasteiger partial charge is 0.214 e. The van der Waals surface area contributed by atoms with E-state index in [2.05, 4.69) is 13.0 Å². The molecule has 1 heterocycles. The first kappa shape index (κ1) is 24.4. The summed E-state index contributed by atoms with van der Waals surface area (Å²) in [6.07, 6.45) is 8.13. The van der Waals surface area contributed by atoms with Gasteiger partial charge in [0.2, 0.25) is 6.41 Å². The first-order chi connectivity index (χ1) is 15.2. The maximum Gasteiger partial charge on any atom is 0.214 e. The molecule has 2 aromatic rings. The zero-order chi connectivity index (χ0) is 22.6. The molecule has 1 aliphatic rings. The average Bonchev–Trinajstić information content (AvgIpc) is 3.17. The Morgan fingerprint density at radius 3 is 2.61 bits per heavy atom. The number of hydrogen-bond acceptors (Lipinski definition) is 4. The maximum atomic E-state index is 11.6. The van der Waals surface area contributed by atoms with Gasteiger partial charge in [-0.25, -0.2) is 0 Å². The molecule has 0 N–H and O–H groups in total. The predicted molar refractivity (Wildman–Crippen MR) is 129 cm³/mol. The van der Waals surface area contributed by atoms with E-state index in [1.807, 2.05) is 57.3 Å². The lowest BCUT2D eigenvalue weighted by atomic mass is 10.1. The second-order valence-electron chi connectivity index (χ2n) is 7.39. The fourth-order valence-corrected chi connectivity index (χ4v) is 3.64. The Hall–Kier alpha value is -2.82. The van der Waals surface area contributed by atoms with Crippen LogP contribution in [0.25, 0.3) is 0 Å². The standard InChI is InChI=1S/C24H30N2O3.C2H6/c1-4-5-6-9-12-29-24-15-21(18(2)13-23(24)28-3)25-16-20-14-19-10-7-8-11-22(19)26(20)17-27;1-2/h7-8,10-11,13,15-17,20H,4-6,9,12,14H2,1-3H3;1-2H3. The molecule has 1 unspecified atom stereocenters. The van der Waals surface area contributed by atoms with Gasteiger partial charge in [-0.2, -0.15) is 0 Å². The van der Waals surface area contributed by atoms with Crippen LogP contribution in [0.15, 0.2) is 41.4 Å². The minimum absolute atomic E-state index is 0.0789. The summed E-state index contributed by atoms with van der Waals surface area (Å²) >= 11 is 0. The molecule has 1 atom stereocenters. The highest BCUT2D eigenvalue weighted by Crippen LogP contribution is 2.35. The molecule has 0 spiro atoms. The molecule has 0 bridgehead atoms. The molecular weight excluding hydrogens is 388 g/mol. The van der Waals surface area contributed by atoms with Gasteiger partial charge in [-0.1, -0.05) is 58.2 Å². The fourth-order valence-electron chi connectivity index (χ4n) is 3.64. The van der Waals surface area contributed by atoms with Crippen LogP contribution >= 0.6 is 0 Å². The molecule has 3 rings (SSSR count). The Kier molecular flexibility index (Phi) is 10.1. The zero-order valence-electron chi connectivity index (χ0n) is 19.6. The van der Waals surface area contributed by atoms with Crippen molar-refractivity contribution in [1.29, 1.82) is 0 Å². The summed E-state index contributed by atoms with van der Waals surface area (Å²) in [5.74, 6) is 1.43. The summed E-state index contributed by atoms with van der Waals surface area (Å²) in [4.78, 5) is 18.1. The Bertz CT molecular complexity index is 864. The molecule has 168 valence electrons. The van der Waals surface area contributed by atoms with Gasteiger partial charge in [0.15, 0.2) is 11.5 Å². The summed E-state index contributed by atoms with van der Waals surface area (Å²) in [6, 6.07) is 11.8. The minimum atomic E-state index is -0.0789. The van der Waals surface area contributed by atoms with E-state index in [9.17, 15) is 4.79 Å². The molecule has 1 aliphatic heterocycles. The Balaban J connectivity index is 0.00000166. The van der Waals surface area contributed by atoms with Crippen LogP contribution in [0.4, 0.5) is 11.4 Å². The first-order valence-corrected chi connectivity index (χ1v) is 11.3. The number of carbonyl (C=O) groups is 1. The van der Waals surface area contributed by atoms with Gasteiger partial charge in [-0.05, 0) is 36.6 Å². The van der Waals surface area contributed by atoms with E-state index in [0.29, 0.717) is 12.4 Å². The third kappa shape index (κ3) is 6.33. The second kappa shape index (κ2) is 12.8. The number of aliphatic imine (C=N–C) groups is 1. The number of benzene rings is 2. The Morgan fingerprint density at radius 2 is 1.90 bits per heavy atom. The number of aryl methyl sites for hydroxylation is 1. The van der Waals surface area contributed by atoms with Crippen molar-refractivity contribution in [2.75, 3.05) is 18.6 Å². The van der Waals surface area contributed by atoms with E-state index in [-0.39, 0.29) is 6.04 Å². The number of hydrogen-bond donors (Lipinski definition) is 0. The predicted octanol–water partition coefficient (Wildman–Crippen LogP) is 6.28. The molecule has 0 aromatic heterocycles. The van der Waals surface area contributed by atoms with Crippen molar-refractivity contribution in [2.45, 2.75) is 65.8 Å². The molecule has 31 heavy (non-hydrogen) atoms. The second-order valence-corrected chi connectivity index (χ2v) is 7.39. The van der Waals surface area contributed by atoms with Crippen LogP contribution in [-0.2, 0) is 11.2 Å². The summed E-state index contributed by atoms with van der Waals surface area (Å²) in [7, 11) is 1.65. The van der Waals surface area contributed by atoms with Gasteiger partial charge < -0.3 is 14.4 Å². The number of unbranched alkanes of at least 4 members (excludes halogenated alkanes) is 3. The van der Waals surface area contributed by atoms with Crippen molar-refractivity contribution in [3.05, 3.63) is 47.5 Å². The van der Waals surface area contributed by atoms with E-state index in [0.717, 1.165) is 41.9 Å². The normalized spacial score (nSPS) is 14.7. The summed E-state index contributed by atoms with van der Waals surface area (Å²) in [6.45, 7) is 8.86. The minimum Gasteiger partial charge on any atom is -0.493 e. The average molecular weight is 425 g/mol. The number of fused-ring (bicyclic) bond motifs is 1. The number of rotatable bonds is 10. The molecule has 2 aromatic carbocycles. The molecule has 0 fully saturated rings. The summed E-state index contributed by atoms with van der Waals surface area (Å²) < 4.78 is 11.5. The zero-order valence-corrected chi connectivity index (χ0v) is 19.6. The van der Waals surface area contributed by atoms with Gasteiger partial charge in [-0.15, -0.1) is 0 Å². The lowest BCUT2D eigenvalue weighted by molar-refractivity contribution is -0.107. The lowest BCUT2D eigenvalue weighted by Gasteiger charge is -2.17. The topological polar surface area (TPSA) is 51.1 Å². The number of carbonyl (C=O) groups excluding carboxylic acids is 1. The van der Waals surface area contributed by atoms with Crippen LogP contribution in [0.1, 0.15) is 57.6 Å². The van der Waals surface area contributed by atoms with E-state index in [1.165, 1.54) is 24.8 Å². The summed E-state index contributed by atoms with van der Waals surface area (Å²) in [5, 5.41) is 0. The van der Waals surface area contributed by atoms with Gasteiger partial charge in [0.25, 0.3) is 0 Å². The van der Waals surface area contributed by atoms with Crippen molar-refractivity contribution in [2.24, 2.45) is 4.99 Å². The van der Waals surface area contributed by atoms with Crippen molar-refractivity contribution in [1.82, 2.24) is 0 Å². The molecule has 0 saturated carbocycles. The molecule has 0 radical (unpaired) electrons. The molecule has 0 saturated heterocycles. The number of ether oxygens (including phenoxy) is 2. The molecule has 5 nitrogen and oxygen atoms in total. The van der Waals surface area contributed by atoms with Gasteiger partial charge in [0.1, 0.15) is 0 Å². The van der Waals surface area contributed by atoms with Crippen LogP contribution in [-0.4, -0.2) is 32.4 Å². The van der Waals surface area contributed by atoms with Crippen molar-refractivity contribution < 1.29 is 14.3 Å². The van der Waals surface area contributed by atoms with E-state index in [1.54, 1.807) is 12.0 Å². The molecule has 1 amide bonds. The van der Waals surface area contributed by atoms with Gasteiger partial charge in [0, 0.05) is 24.4 Å². The van der Waals surface area contributed by atoms with E-state index in [4.69, 9.17) is 14.5 Å². The fraction of sp³-hybridized carbons (Fsp3) is 0.462. The Labute approximate surface area is 187 Å². The van der Waals surface area contributed by atoms with Gasteiger partial charge in [-0.3, -0.25) is 9.79 Å². The van der Waals surface area contributed by atoms with E-state index < -0.39 is 0 Å². The maximum absolute atomic E-state index is 11.6. The van der Waals surface area contributed by atoms with Crippen LogP contribution in [0.3, 0.4) is 0 Å². The molecule has 0 aliphatic carbocycles. The van der Waals surface area contributed by atoms with E-state index >= 15 is 0 Å². The number of amides is 1. The highest BCUT2D eigenvalue weighted by atomic mass is 16.5. The van der Waals surface area contributed by atoms with Gasteiger partial charge in [0.05, 0.1) is 25.4 Å². The van der Waals surface area contributed by atoms with Crippen LogP contribution in [0, 0.1) is 6.92 Å². The number of nitrogens with zero attached hydrogens (tertiary/aromatic N) is 2. The monoisotopic (exact) mass is 424 g/mol. The summed E-state index contributed by atoms with van der Waals surface area (Å²) in [5.41, 5.74) is 3.96. The first-order valence-electron chi connectivity index (χ1n) is 11.3. The van der Waals surface area contributed by atoms with Crippen LogP contribution in [0.2, 0.25) is 0 Å². The lowest BCUT2D eigenvalue weighted by Crippen LogP contribution is -2.31. The number of methoxy groups -OCH3 is 1. The van der Waals surface area contributed by atoms with Gasteiger partial charge >= 0.3 is 0 Å². The molecule has 5 heteroatoms. The third-order valence-electron chi connectivity index (χ3n) is 5.29. The van der Waals surface area contributed by atoms with Crippen molar-refractivity contribution >= 4 is 24.0 Å². The highest BCUT2D eigenvalue weighted by molar-refractivity contribution is 5.90. The van der Waals surface area contributed by atoms with Crippen LogP contribution < -0.4 is 14.4 Å². The SMILES string of the molecule is CC.CCCCCCOc1cc(N=CC2Cc3ccccc3N2C=O)c(C)cc1OC. The van der Waals surface area contributed by atoms with Crippen LogP contribution in [0.5, 0.6) is 11.5 Å². The highest BCUT2D eigenvalue weighted by Gasteiger charge is 2.27. The quantitative estimate of drug-likeness (QED) is 0.256. The van der Waals surface area contributed by atoms with Crippen molar-refractivity contribution in [3.8, 4) is 11.5 Å². The number of para-hydroxylation sites is 1. The largest absolute Gasteiger partial charge is 0.493 e.